The van der Waals surface area contributed by atoms with Gasteiger partial charge >= 0.3 is 0 Å². The molecule has 0 N–H and O–H groups in total. The SMILES string of the molecule is CCCc1ccc([C@H]2CC[C@H](CC[C@H]3CC[Si@H](CCC)CC3)CC2)cc1. The number of hydrogen-bond donors (Lipinski definition) is 0. The molecule has 1 aromatic rings. The lowest BCUT2D eigenvalue weighted by Crippen LogP contribution is -2.22. The Balaban J connectivity index is 1.35. The molecule has 26 heavy (non-hydrogen) atoms. The van der Waals surface area contributed by atoms with Gasteiger partial charge in [0.25, 0.3) is 0 Å². The molecule has 2 fully saturated rings. The summed E-state index contributed by atoms with van der Waals surface area (Å²) < 4.78 is 0. The molecule has 1 saturated carbocycles. The summed E-state index contributed by atoms with van der Waals surface area (Å²) in [5.41, 5.74) is 3.13. The topological polar surface area (TPSA) is 0 Å². The zero-order chi connectivity index (χ0) is 18.2. The van der Waals surface area contributed by atoms with E-state index in [0.29, 0.717) is 0 Å². The molecular weight excluding hydrogens is 328 g/mol. The third-order valence-corrected chi connectivity index (χ3v) is 11.2. The lowest BCUT2D eigenvalue weighted by atomic mass is 9.76. The Kier molecular flexibility index (Phi) is 8.30. The van der Waals surface area contributed by atoms with E-state index in [9.17, 15) is 0 Å². The maximum absolute atomic E-state index is 2.43. The molecule has 1 heteroatoms. The third-order valence-electron chi connectivity index (χ3n) is 7.48. The lowest BCUT2D eigenvalue weighted by molar-refractivity contribution is 0.280. The molecule has 1 aliphatic heterocycles. The largest absolute Gasteiger partial charge is 0.0657 e. The molecule has 0 amide bonds. The number of aryl methyl sites for hydroxylation is 1. The van der Waals surface area contributed by atoms with E-state index in [1.165, 1.54) is 56.9 Å². The van der Waals surface area contributed by atoms with Crippen molar-refractivity contribution in [1.82, 2.24) is 0 Å². The molecule has 0 unspecified atom stereocenters. The van der Waals surface area contributed by atoms with Crippen LogP contribution in [0, 0.1) is 11.8 Å². The molecule has 0 bridgehead atoms. The van der Waals surface area contributed by atoms with Crippen molar-refractivity contribution in [1.29, 1.82) is 0 Å². The first-order valence-corrected chi connectivity index (χ1v) is 14.3. The second-order valence-corrected chi connectivity index (χ2v) is 12.9. The Bertz CT molecular complexity index is 489. The van der Waals surface area contributed by atoms with Crippen molar-refractivity contribution in [2.45, 2.75) is 109 Å². The van der Waals surface area contributed by atoms with Crippen molar-refractivity contribution in [3.63, 3.8) is 0 Å². The van der Waals surface area contributed by atoms with Crippen LogP contribution in [0.5, 0.6) is 0 Å². The van der Waals surface area contributed by atoms with Gasteiger partial charge in [-0.1, -0.05) is 94.8 Å². The Morgan fingerprint density at radius 1 is 0.769 bits per heavy atom. The fraction of sp³-hybridized carbons (Fsp3) is 0.760. The summed E-state index contributed by atoms with van der Waals surface area (Å²) in [5, 5.41) is 0. The van der Waals surface area contributed by atoms with Gasteiger partial charge in [-0.15, -0.1) is 0 Å². The van der Waals surface area contributed by atoms with Gasteiger partial charge in [-0.3, -0.25) is 0 Å². The molecule has 0 atom stereocenters. The standard InChI is InChI=1S/C25H42Si/c1-3-5-21-8-12-24(13-9-21)25-14-10-22(11-15-25)6-7-23-16-19-26(18-4-2)20-17-23/h8-9,12-13,22-23,25-26H,3-7,10-11,14-20H2,1-2H3/t22-,23-,25-,26-. The molecule has 3 rings (SSSR count). The summed E-state index contributed by atoms with van der Waals surface area (Å²) in [5.74, 6) is 2.98. The molecule has 0 nitrogen and oxygen atoms in total. The van der Waals surface area contributed by atoms with E-state index in [4.69, 9.17) is 0 Å². The van der Waals surface area contributed by atoms with Gasteiger partial charge in [0.2, 0.25) is 0 Å². The Hall–Kier alpha value is -0.563. The van der Waals surface area contributed by atoms with Crippen LogP contribution in [0.15, 0.2) is 24.3 Å². The average molecular weight is 371 g/mol. The second kappa shape index (κ2) is 10.7. The highest BCUT2D eigenvalue weighted by molar-refractivity contribution is 6.58. The molecule has 1 saturated heterocycles. The Morgan fingerprint density at radius 2 is 1.38 bits per heavy atom. The second-order valence-electron chi connectivity index (χ2n) is 9.46. The fourth-order valence-corrected chi connectivity index (χ4v) is 9.29. The van der Waals surface area contributed by atoms with Crippen molar-refractivity contribution in [2.24, 2.45) is 11.8 Å². The molecule has 1 heterocycles. The molecule has 0 spiro atoms. The van der Waals surface area contributed by atoms with E-state index < -0.39 is 0 Å². The van der Waals surface area contributed by atoms with Crippen molar-refractivity contribution < 1.29 is 0 Å². The van der Waals surface area contributed by atoms with Crippen molar-refractivity contribution in [2.75, 3.05) is 0 Å². The van der Waals surface area contributed by atoms with E-state index >= 15 is 0 Å². The number of benzene rings is 1. The van der Waals surface area contributed by atoms with Crippen LogP contribution in [0.3, 0.4) is 0 Å². The van der Waals surface area contributed by atoms with Crippen molar-refractivity contribution >= 4 is 8.80 Å². The zero-order valence-electron chi connectivity index (χ0n) is 17.5. The minimum Gasteiger partial charge on any atom is -0.0657 e. The molecule has 0 radical (unpaired) electrons. The average Bonchev–Trinajstić information content (AvgIpc) is 2.69. The van der Waals surface area contributed by atoms with Crippen molar-refractivity contribution in [3.8, 4) is 0 Å². The molecule has 0 aromatic heterocycles. The summed E-state index contributed by atoms with van der Waals surface area (Å²) >= 11 is 0. The first-order valence-electron chi connectivity index (χ1n) is 11.9. The Morgan fingerprint density at radius 3 is 1.96 bits per heavy atom. The first-order chi connectivity index (χ1) is 12.8. The van der Waals surface area contributed by atoms with Crippen molar-refractivity contribution in [3.05, 3.63) is 35.4 Å². The third kappa shape index (κ3) is 5.97. The van der Waals surface area contributed by atoms with Gasteiger partial charge in [0, 0.05) is 8.80 Å². The molecule has 146 valence electrons. The molecule has 1 aliphatic carbocycles. The van der Waals surface area contributed by atoms with Crippen LogP contribution in [-0.4, -0.2) is 8.80 Å². The van der Waals surface area contributed by atoms with E-state index in [1.807, 2.05) is 0 Å². The molecule has 2 aliphatic rings. The van der Waals surface area contributed by atoms with E-state index in [-0.39, 0.29) is 8.80 Å². The fourth-order valence-electron chi connectivity index (χ4n) is 5.72. The zero-order valence-corrected chi connectivity index (χ0v) is 18.7. The van der Waals surface area contributed by atoms with Crippen LogP contribution in [0.4, 0.5) is 0 Å². The molecular formula is C25H42Si. The quantitative estimate of drug-likeness (QED) is 0.410. The highest BCUT2D eigenvalue weighted by Gasteiger charge is 2.25. The number of hydrogen-bond acceptors (Lipinski definition) is 0. The predicted molar refractivity (Wildman–Crippen MR) is 119 cm³/mol. The van der Waals surface area contributed by atoms with E-state index in [2.05, 4.69) is 38.1 Å². The van der Waals surface area contributed by atoms with Gasteiger partial charge in [0.05, 0.1) is 0 Å². The van der Waals surface area contributed by atoms with Crippen LogP contribution >= 0.6 is 0 Å². The van der Waals surface area contributed by atoms with Crippen LogP contribution in [0.25, 0.3) is 0 Å². The summed E-state index contributed by atoms with van der Waals surface area (Å²) in [6, 6.07) is 14.6. The van der Waals surface area contributed by atoms with Gasteiger partial charge in [0.15, 0.2) is 0 Å². The monoisotopic (exact) mass is 370 g/mol. The summed E-state index contributed by atoms with van der Waals surface area (Å²) in [7, 11) is -0.276. The smallest absolute Gasteiger partial charge is 0.0367 e. The van der Waals surface area contributed by atoms with Crippen LogP contribution in [0.2, 0.25) is 18.1 Å². The summed E-state index contributed by atoms with van der Waals surface area (Å²) in [6.45, 7) is 4.66. The van der Waals surface area contributed by atoms with Gasteiger partial charge in [-0.05, 0) is 61.0 Å². The van der Waals surface area contributed by atoms with Crippen LogP contribution < -0.4 is 0 Å². The van der Waals surface area contributed by atoms with Gasteiger partial charge in [-0.2, -0.15) is 0 Å². The van der Waals surface area contributed by atoms with E-state index in [0.717, 1.165) is 17.8 Å². The summed E-state index contributed by atoms with van der Waals surface area (Å²) in [6.07, 6.45) is 16.1. The van der Waals surface area contributed by atoms with Crippen LogP contribution in [-0.2, 0) is 6.42 Å². The van der Waals surface area contributed by atoms with E-state index in [1.54, 1.807) is 43.0 Å². The first kappa shape index (κ1) is 20.2. The summed E-state index contributed by atoms with van der Waals surface area (Å²) in [4.78, 5) is 0. The van der Waals surface area contributed by atoms with Gasteiger partial charge in [0.1, 0.15) is 0 Å². The van der Waals surface area contributed by atoms with Gasteiger partial charge < -0.3 is 0 Å². The normalized spacial score (nSPS) is 29.6. The lowest BCUT2D eigenvalue weighted by Gasteiger charge is -2.32. The number of rotatable bonds is 8. The highest BCUT2D eigenvalue weighted by atomic mass is 28.3. The van der Waals surface area contributed by atoms with Crippen LogP contribution in [0.1, 0.15) is 95.1 Å². The van der Waals surface area contributed by atoms with Gasteiger partial charge in [-0.25, -0.2) is 0 Å². The maximum Gasteiger partial charge on any atom is 0.0367 e. The molecule has 1 aromatic carbocycles. The maximum atomic E-state index is 2.43. The highest BCUT2D eigenvalue weighted by Crippen LogP contribution is 2.39. The predicted octanol–water partition coefficient (Wildman–Crippen LogP) is 7.74. The minimum atomic E-state index is -0.276. The Labute approximate surface area is 164 Å². The minimum absolute atomic E-state index is 0.276.